The SMILES string of the molecule is Cc1cncc(O[C@@H]2CCOC3(C2)CN(C(=O)c2occc2C)C3)n1. The van der Waals surface area contributed by atoms with Gasteiger partial charge in [-0.25, -0.2) is 4.98 Å². The first-order valence-electron chi connectivity index (χ1n) is 8.47. The molecule has 0 N–H and O–H groups in total. The molecule has 4 rings (SSSR count). The molecule has 4 heterocycles. The van der Waals surface area contributed by atoms with E-state index in [4.69, 9.17) is 13.9 Å². The van der Waals surface area contributed by atoms with Crippen molar-refractivity contribution in [1.29, 1.82) is 0 Å². The van der Waals surface area contributed by atoms with Crippen LogP contribution in [0.5, 0.6) is 5.88 Å². The Kier molecular flexibility index (Phi) is 3.95. The average Bonchev–Trinajstić information content (AvgIpc) is 2.98. The zero-order valence-electron chi connectivity index (χ0n) is 14.4. The molecular weight excluding hydrogens is 322 g/mol. The fourth-order valence-corrected chi connectivity index (χ4v) is 3.50. The molecule has 0 bridgehead atoms. The predicted molar refractivity (Wildman–Crippen MR) is 88.5 cm³/mol. The van der Waals surface area contributed by atoms with Crippen molar-refractivity contribution in [3.8, 4) is 5.88 Å². The predicted octanol–water partition coefficient (Wildman–Crippen LogP) is 2.14. The summed E-state index contributed by atoms with van der Waals surface area (Å²) in [5.74, 6) is 0.873. The van der Waals surface area contributed by atoms with Crippen LogP contribution in [0.15, 0.2) is 29.1 Å². The molecule has 2 aliphatic rings. The van der Waals surface area contributed by atoms with Gasteiger partial charge in [0.15, 0.2) is 5.76 Å². The number of amides is 1. The number of hydrogen-bond donors (Lipinski definition) is 0. The van der Waals surface area contributed by atoms with E-state index in [9.17, 15) is 4.79 Å². The van der Waals surface area contributed by atoms with Crippen molar-refractivity contribution in [3.05, 3.63) is 41.7 Å². The number of furan rings is 1. The van der Waals surface area contributed by atoms with Crippen LogP contribution in [0.25, 0.3) is 0 Å². The van der Waals surface area contributed by atoms with Gasteiger partial charge in [0.05, 0.1) is 37.9 Å². The highest BCUT2D eigenvalue weighted by atomic mass is 16.5. The maximum Gasteiger partial charge on any atom is 0.290 e. The molecule has 2 aromatic heterocycles. The minimum Gasteiger partial charge on any atom is -0.473 e. The van der Waals surface area contributed by atoms with Gasteiger partial charge in [-0.15, -0.1) is 0 Å². The summed E-state index contributed by atoms with van der Waals surface area (Å²) < 4.78 is 17.3. The van der Waals surface area contributed by atoms with Gasteiger partial charge in [-0.2, -0.15) is 0 Å². The van der Waals surface area contributed by atoms with E-state index < -0.39 is 0 Å². The molecule has 7 heteroatoms. The first-order chi connectivity index (χ1) is 12.0. The molecule has 1 amide bonds. The Hall–Kier alpha value is -2.41. The second-order valence-corrected chi connectivity index (χ2v) is 6.86. The first kappa shape index (κ1) is 16.1. The maximum absolute atomic E-state index is 12.5. The summed E-state index contributed by atoms with van der Waals surface area (Å²) in [5, 5.41) is 0. The second kappa shape index (κ2) is 6.15. The summed E-state index contributed by atoms with van der Waals surface area (Å²) in [5.41, 5.74) is 1.36. The molecule has 0 aliphatic carbocycles. The minimum atomic E-state index is -0.323. The molecule has 0 unspecified atom stereocenters. The summed E-state index contributed by atoms with van der Waals surface area (Å²) in [6.07, 6.45) is 6.44. The van der Waals surface area contributed by atoms with Gasteiger partial charge >= 0.3 is 0 Å². The van der Waals surface area contributed by atoms with E-state index in [-0.39, 0.29) is 17.6 Å². The zero-order chi connectivity index (χ0) is 17.4. The summed E-state index contributed by atoms with van der Waals surface area (Å²) in [6, 6.07) is 1.80. The molecule has 132 valence electrons. The van der Waals surface area contributed by atoms with Crippen LogP contribution < -0.4 is 4.74 Å². The van der Waals surface area contributed by atoms with Gasteiger partial charge in [-0.1, -0.05) is 0 Å². The molecule has 0 saturated carbocycles. The lowest BCUT2D eigenvalue weighted by Gasteiger charge is -2.52. The van der Waals surface area contributed by atoms with E-state index in [1.54, 1.807) is 29.6 Å². The number of likely N-dealkylation sites (tertiary alicyclic amines) is 1. The fraction of sp³-hybridized carbons (Fsp3) is 0.500. The quantitative estimate of drug-likeness (QED) is 0.850. The number of aromatic nitrogens is 2. The van der Waals surface area contributed by atoms with Crippen molar-refractivity contribution < 1.29 is 18.7 Å². The number of rotatable bonds is 3. The van der Waals surface area contributed by atoms with Crippen LogP contribution in [0.2, 0.25) is 0 Å². The molecule has 1 spiro atoms. The first-order valence-corrected chi connectivity index (χ1v) is 8.47. The van der Waals surface area contributed by atoms with Crippen LogP contribution in [-0.4, -0.2) is 52.2 Å². The standard InChI is InChI=1S/C18H21N3O4/c1-12-3-5-23-16(12)17(22)21-10-18(11-21)7-14(4-6-24-18)25-15-9-19-8-13(2)20-15/h3,5,8-9,14H,4,6-7,10-11H2,1-2H3/t14-/m1/s1. The van der Waals surface area contributed by atoms with E-state index in [1.807, 2.05) is 13.8 Å². The summed E-state index contributed by atoms with van der Waals surface area (Å²) in [7, 11) is 0. The molecule has 2 fully saturated rings. The highest BCUT2D eigenvalue weighted by Crippen LogP contribution is 2.36. The molecule has 2 saturated heterocycles. The molecule has 1 atom stereocenters. The minimum absolute atomic E-state index is 0.0208. The molecule has 25 heavy (non-hydrogen) atoms. The monoisotopic (exact) mass is 343 g/mol. The third kappa shape index (κ3) is 3.11. The Bertz CT molecular complexity index is 782. The topological polar surface area (TPSA) is 77.7 Å². The smallest absolute Gasteiger partial charge is 0.290 e. The van der Waals surface area contributed by atoms with Crippen LogP contribution >= 0.6 is 0 Å². The number of aryl methyl sites for hydroxylation is 2. The summed E-state index contributed by atoms with van der Waals surface area (Å²) >= 11 is 0. The van der Waals surface area contributed by atoms with E-state index >= 15 is 0 Å². The third-order valence-corrected chi connectivity index (χ3v) is 4.77. The van der Waals surface area contributed by atoms with Crippen molar-refractivity contribution in [1.82, 2.24) is 14.9 Å². The van der Waals surface area contributed by atoms with Crippen molar-refractivity contribution in [2.45, 2.75) is 38.4 Å². The van der Waals surface area contributed by atoms with E-state index in [2.05, 4.69) is 9.97 Å². The van der Waals surface area contributed by atoms with Gasteiger partial charge in [0.1, 0.15) is 11.7 Å². The van der Waals surface area contributed by atoms with Crippen LogP contribution in [0.1, 0.15) is 34.7 Å². The van der Waals surface area contributed by atoms with Gasteiger partial charge in [0.25, 0.3) is 5.91 Å². The number of carbonyl (C=O) groups excluding carboxylic acids is 1. The van der Waals surface area contributed by atoms with Gasteiger partial charge < -0.3 is 18.8 Å². The van der Waals surface area contributed by atoms with Crippen LogP contribution in [0.3, 0.4) is 0 Å². The lowest BCUT2D eigenvalue weighted by Crippen LogP contribution is -2.67. The number of carbonyl (C=O) groups is 1. The third-order valence-electron chi connectivity index (χ3n) is 4.77. The Morgan fingerprint density at radius 2 is 2.20 bits per heavy atom. The average molecular weight is 343 g/mol. The lowest BCUT2D eigenvalue weighted by atomic mass is 9.84. The van der Waals surface area contributed by atoms with Gasteiger partial charge in [-0.05, 0) is 19.9 Å². The van der Waals surface area contributed by atoms with Crippen molar-refractivity contribution >= 4 is 5.91 Å². The summed E-state index contributed by atoms with van der Waals surface area (Å²) in [4.78, 5) is 22.7. The highest BCUT2D eigenvalue weighted by molar-refractivity contribution is 5.93. The van der Waals surface area contributed by atoms with Crippen molar-refractivity contribution in [2.75, 3.05) is 19.7 Å². The normalized spacial score (nSPS) is 21.8. The molecule has 2 aromatic rings. The summed E-state index contributed by atoms with van der Waals surface area (Å²) in [6.45, 7) is 5.50. The number of hydrogen-bond acceptors (Lipinski definition) is 6. The van der Waals surface area contributed by atoms with Gasteiger partial charge in [0.2, 0.25) is 5.88 Å². The number of ether oxygens (including phenoxy) is 2. The highest BCUT2D eigenvalue weighted by Gasteiger charge is 2.50. The molecule has 0 aromatic carbocycles. The maximum atomic E-state index is 12.5. The molecular formula is C18H21N3O4. The van der Waals surface area contributed by atoms with Crippen LogP contribution in [0.4, 0.5) is 0 Å². The largest absolute Gasteiger partial charge is 0.473 e. The van der Waals surface area contributed by atoms with E-state index in [1.165, 1.54) is 0 Å². The zero-order valence-corrected chi connectivity index (χ0v) is 14.4. The van der Waals surface area contributed by atoms with Crippen molar-refractivity contribution in [3.63, 3.8) is 0 Å². The Labute approximate surface area is 146 Å². The Morgan fingerprint density at radius 3 is 2.92 bits per heavy atom. The van der Waals surface area contributed by atoms with Crippen LogP contribution in [-0.2, 0) is 4.74 Å². The van der Waals surface area contributed by atoms with E-state index in [0.29, 0.717) is 31.3 Å². The van der Waals surface area contributed by atoms with E-state index in [0.717, 1.165) is 24.1 Å². The fourth-order valence-electron chi connectivity index (χ4n) is 3.50. The Morgan fingerprint density at radius 1 is 1.36 bits per heavy atom. The molecule has 7 nitrogen and oxygen atoms in total. The van der Waals surface area contributed by atoms with Crippen molar-refractivity contribution in [2.24, 2.45) is 0 Å². The number of nitrogens with zero attached hydrogens (tertiary/aromatic N) is 3. The van der Waals surface area contributed by atoms with Crippen LogP contribution in [0, 0.1) is 13.8 Å². The van der Waals surface area contributed by atoms with Gasteiger partial charge in [0, 0.05) is 24.6 Å². The lowest BCUT2D eigenvalue weighted by molar-refractivity contribution is -0.174. The molecule has 0 radical (unpaired) electrons. The Balaban J connectivity index is 1.38. The molecule has 2 aliphatic heterocycles. The van der Waals surface area contributed by atoms with Gasteiger partial charge in [-0.3, -0.25) is 9.78 Å². The second-order valence-electron chi connectivity index (χ2n) is 6.86.